The maximum Gasteiger partial charge on any atom is 0.170 e. The first kappa shape index (κ1) is 12.3. The molecule has 1 aliphatic heterocycles. The molecule has 2 atom stereocenters. The van der Waals surface area contributed by atoms with E-state index in [0.717, 1.165) is 18.9 Å². The van der Waals surface area contributed by atoms with E-state index < -0.39 is 0 Å². The van der Waals surface area contributed by atoms with Crippen molar-refractivity contribution in [1.29, 1.82) is 0 Å². The Hall–Kier alpha value is -1.79. The molecule has 3 N–H and O–H groups in total. The van der Waals surface area contributed by atoms with Gasteiger partial charge in [-0.05, 0) is 35.4 Å². The lowest BCUT2D eigenvalue weighted by molar-refractivity contribution is 0.365. The first-order chi connectivity index (χ1) is 9.43. The standard InChI is InChI=1S/C13H18N6/c1-2-5-10(6-3-1)12(13-16-18-19-17-13)15-11-7-4-8-14-9-11/h1-3,5-6,11-12,14-15H,4,7-9H2,(H,16,17,18,19). The average molecular weight is 258 g/mol. The highest BCUT2D eigenvalue weighted by molar-refractivity contribution is 5.24. The fourth-order valence-electron chi connectivity index (χ4n) is 2.50. The maximum absolute atomic E-state index is 4.06. The molecule has 2 heterocycles. The molecule has 0 saturated carbocycles. The fourth-order valence-corrected chi connectivity index (χ4v) is 2.50. The van der Waals surface area contributed by atoms with Crippen LogP contribution < -0.4 is 10.6 Å². The zero-order chi connectivity index (χ0) is 12.9. The summed E-state index contributed by atoms with van der Waals surface area (Å²) in [5, 5.41) is 21.4. The molecular weight excluding hydrogens is 240 g/mol. The molecule has 2 unspecified atom stereocenters. The van der Waals surface area contributed by atoms with Gasteiger partial charge in [0.25, 0.3) is 0 Å². The molecule has 1 fully saturated rings. The molecule has 6 heteroatoms. The Balaban J connectivity index is 1.80. The van der Waals surface area contributed by atoms with Crippen molar-refractivity contribution in [3.63, 3.8) is 0 Å². The summed E-state index contributed by atoms with van der Waals surface area (Å²) in [5.41, 5.74) is 1.17. The van der Waals surface area contributed by atoms with E-state index in [2.05, 4.69) is 43.4 Å². The minimum Gasteiger partial charge on any atom is -0.315 e. The van der Waals surface area contributed by atoms with Crippen LogP contribution in [0.1, 0.15) is 30.3 Å². The SMILES string of the molecule is c1ccc(C(NC2CCCNC2)c2nnn[nH]2)cc1. The number of tetrazole rings is 1. The topological polar surface area (TPSA) is 78.5 Å². The predicted molar refractivity (Wildman–Crippen MR) is 71.5 cm³/mol. The van der Waals surface area contributed by atoms with Crippen molar-refractivity contribution in [2.45, 2.75) is 24.9 Å². The van der Waals surface area contributed by atoms with Crippen LogP contribution in [0.2, 0.25) is 0 Å². The van der Waals surface area contributed by atoms with Gasteiger partial charge in [-0.3, -0.25) is 5.32 Å². The van der Waals surface area contributed by atoms with E-state index in [9.17, 15) is 0 Å². The van der Waals surface area contributed by atoms with Gasteiger partial charge in [-0.25, -0.2) is 5.10 Å². The van der Waals surface area contributed by atoms with Gasteiger partial charge in [0.05, 0.1) is 6.04 Å². The second-order valence-corrected chi connectivity index (χ2v) is 4.84. The molecule has 0 amide bonds. The summed E-state index contributed by atoms with van der Waals surface area (Å²) in [6.07, 6.45) is 2.38. The van der Waals surface area contributed by atoms with Crippen molar-refractivity contribution in [3.8, 4) is 0 Å². The Morgan fingerprint density at radius 3 is 2.84 bits per heavy atom. The van der Waals surface area contributed by atoms with Gasteiger partial charge in [-0.2, -0.15) is 0 Å². The number of benzene rings is 1. The van der Waals surface area contributed by atoms with Crippen molar-refractivity contribution in [3.05, 3.63) is 41.7 Å². The van der Waals surface area contributed by atoms with Crippen LogP contribution in [0.4, 0.5) is 0 Å². The third-order valence-electron chi connectivity index (χ3n) is 3.47. The third kappa shape index (κ3) is 2.97. The molecule has 2 aromatic rings. The first-order valence-electron chi connectivity index (χ1n) is 6.69. The Morgan fingerprint density at radius 1 is 1.26 bits per heavy atom. The van der Waals surface area contributed by atoms with Crippen molar-refractivity contribution >= 4 is 0 Å². The van der Waals surface area contributed by atoms with E-state index >= 15 is 0 Å². The summed E-state index contributed by atoms with van der Waals surface area (Å²) < 4.78 is 0. The van der Waals surface area contributed by atoms with Crippen LogP contribution in [0, 0.1) is 0 Å². The highest BCUT2D eigenvalue weighted by Gasteiger charge is 2.22. The van der Waals surface area contributed by atoms with E-state index in [-0.39, 0.29) is 6.04 Å². The van der Waals surface area contributed by atoms with Gasteiger partial charge in [0.15, 0.2) is 5.82 Å². The Kier molecular flexibility index (Phi) is 3.81. The quantitative estimate of drug-likeness (QED) is 0.749. The lowest BCUT2D eigenvalue weighted by Gasteiger charge is -2.28. The van der Waals surface area contributed by atoms with Crippen molar-refractivity contribution in [2.24, 2.45) is 0 Å². The lowest BCUT2D eigenvalue weighted by Crippen LogP contribution is -2.45. The lowest BCUT2D eigenvalue weighted by atomic mass is 10.0. The van der Waals surface area contributed by atoms with Crippen molar-refractivity contribution in [1.82, 2.24) is 31.3 Å². The van der Waals surface area contributed by atoms with E-state index in [4.69, 9.17) is 0 Å². The average Bonchev–Trinajstić information content (AvgIpc) is 3.01. The van der Waals surface area contributed by atoms with E-state index in [1.807, 2.05) is 18.2 Å². The molecule has 1 aliphatic rings. The molecule has 3 rings (SSSR count). The molecule has 0 aliphatic carbocycles. The molecule has 1 aromatic heterocycles. The number of hydrogen-bond acceptors (Lipinski definition) is 5. The van der Waals surface area contributed by atoms with Crippen LogP contribution >= 0.6 is 0 Å². The number of piperidine rings is 1. The van der Waals surface area contributed by atoms with Gasteiger partial charge < -0.3 is 5.32 Å². The zero-order valence-electron chi connectivity index (χ0n) is 10.7. The molecular formula is C13H18N6. The van der Waals surface area contributed by atoms with Crippen LogP contribution in [0.5, 0.6) is 0 Å². The number of nitrogens with one attached hydrogen (secondary N) is 3. The summed E-state index contributed by atoms with van der Waals surface area (Å²) in [7, 11) is 0. The zero-order valence-corrected chi connectivity index (χ0v) is 10.7. The minimum absolute atomic E-state index is 0.0149. The maximum atomic E-state index is 4.06. The normalized spacial score (nSPS) is 21.2. The van der Waals surface area contributed by atoms with E-state index in [0.29, 0.717) is 6.04 Å². The van der Waals surface area contributed by atoms with Crippen LogP contribution in [0.3, 0.4) is 0 Å². The summed E-state index contributed by atoms with van der Waals surface area (Å²) in [6.45, 7) is 2.10. The molecule has 100 valence electrons. The van der Waals surface area contributed by atoms with Gasteiger partial charge in [0.2, 0.25) is 0 Å². The highest BCUT2D eigenvalue weighted by atomic mass is 15.5. The number of aromatic amines is 1. The smallest absolute Gasteiger partial charge is 0.170 e. The second kappa shape index (κ2) is 5.90. The third-order valence-corrected chi connectivity index (χ3v) is 3.47. The number of hydrogen-bond donors (Lipinski definition) is 3. The van der Waals surface area contributed by atoms with Crippen LogP contribution in [-0.4, -0.2) is 39.8 Å². The summed E-state index contributed by atoms with van der Waals surface area (Å²) >= 11 is 0. The van der Waals surface area contributed by atoms with Crippen molar-refractivity contribution in [2.75, 3.05) is 13.1 Å². The van der Waals surface area contributed by atoms with Crippen LogP contribution in [0.15, 0.2) is 30.3 Å². The van der Waals surface area contributed by atoms with Crippen LogP contribution in [0.25, 0.3) is 0 Å². The predicted octanol–water partition coefficient (Wildman–Crippen LogP) is 0.631. The van der Waals surface area contributed by atoms with Gasteiger partial charge in [-0.15, -0.1) is 5.10 Å². The van der Waals surface area contributed by atoms with Crippen molar-refractivity contribution < 1.29 is 0 Å². The molecule has 0 spiro atoms. The molecule has 0 radical (unpaired) electrons. The van der Waals surface area contributed by atoms with Gasteiger partial charge >= 0.3 is 0 Å². The second-order valence-electron chi connectivity index (χ2n) is 4.84. The summed E-state index contributed by atoms with van der Waals surface area (Å²) in [4.78, 5) is 0. The highest BCUT2D eigenvalue weighted by Crippen LogP contribution is 2.19. The first-order valence-corrected chi connectivity index (χ1v) is 6.69. The van der Waals surface area contributed by atoms with Gasteiger partial charge in [0.1, 0.15) is 0 Å². The van der Waals surface area contributed by atoms with E-state index in [1.54, 1.807) is 0 Å². The molecule has 0 bridgehead atoms. The van der Waals surface area contributed by atoms with E-state index in [1.165, 1.54) is 18.4 Å². The van der Waals surface area contributed by atoms with Crippen LogP contribution in [-0.2, 0) is 0 Å². The van der Waals surface area contributed by atoms with Gasteiger partial charge in [0, 0.05) is 12.6 Å². The minimum atomic E-state index is 0.0149. The largest absolute Gasteiger partial charge is 0.315 e. The monoisotopic (exact) mass is 258 g/mol. The summed E-state index contributed by atoms with van der Waals surface area (Å²) in [5.74, 6) is 0.761. The number of H-pyrrole nitrogens is 1. The summed E-state index contributed by atoms with van der Waals surface area (Å²) in [6, 6.07) is 10.7. The number of aromatic nitrogens is 4. The molecule has 1 saturated heterocycles. The van der Waals surface area contributed by atoms with Gasteiger partial charge in [-0.1, -0.05) is 30.3 Å². The number of nitrogens with zero attached hydrogens (tertiary/aromatic N) is 3. The molecule has 19 heavy (non-hydrogen) atoms. The Bertz CT molecular complexity index is 477. The Morgan fingerprint density at radius 2 is 2.16 bits per heavy atom. The number of rotatable bonds is 4. The molecule has 1 aromatic carbocycles. The fraction of sp³-hybridized carbons (Fsp3) is 0.462. The molecule has 6 nitrogen and oxygen atoms in total. The Labute approximate surface area is 112 Å².